The normalized spacial score (nSPS) is 14.2. The molecule has 6 atom stereocenters. The van der Waals surface area contributed by atoms with Crippen LogP contribution in [0.1, 0.15) is 420 Å². The molecule has 17 nitrogen and oxygen atoms in total. The fourth-order valence-corrected chi connectivity index (χ4v) is 13.9. The highest BCUT2D eigenvalue weighted by atomic mass is 31.2. The van der Waals surface area contributed by atoms with Crippen LogP contribution in [0.2, 0.25) is 0 Å². The van der Waals surface area contributed by atoms with Crippen molar-refractivity contribution in [3.05, 3.63) is 0 Å². The Labute approximate surface area is 607 Å². The minimum atomic E-state index is -4.96. The number of hydrogen-bond acceptors (Lipinski definition) is 15. The van der Waals surface area contributed by atoms with Crippen molar-refractivity contribution in [2.24, 2.45) is 11.8 Å². The summed E-state index contributed by atoms with van der Waals surface area (Å²) in [7, 11) is -9.91. The number of carbonyl (C=O) groups is 4. The van der Waals surface area contributed by atoms with Gasteiger partial charge in [0, 0.05) is 25.7 Å². The van der Waals surface area contributed by atoms with Crippen LogP contribution >= 0.6 is 15.6 Å². The maximum absolute atomic E-state index is 13.1. The highest BCUT2D eigenvalue weighted by molar-refractivity contribution is 7.47. The molecule has 0 aromatic carbocycles. The Balaban J connectivity index is 5.20. The molecule has 0 fully saturated rings. The zero-order valence-electron chi connectivity index (χ0n) is 64.8. The first-order chi connectivity index (χ1) is 47.9. The van der Waals surface area contributed by atoms with Gasteiger partial charge in [0.15, 0.2) is 12.2 Å². The van der Waals surface area contributed by atoms with Crippen LogP contribution in [0.15, 0.2) is 0 Å². The molecule has 0 spiro atoms. The van der Waals surface area contributed by atoms with Gasteiger partial charge in [0.1, 0.15) is 19.3 Å². The molecule has 0 aliphatic heterocycles. The first-order valence-corrected chi connectivity index (χ1v) is 44.5. The Kier molecular flexibility index (Phi) is 70.3. The van der Waals surface area contributed by atoms with Gasteiger partial charge in [-0.05, 0) is 37.5 Å². The zero-order chi connectivity index (χ0) is 72.8. The van der Waals surface area contributed by atoms with Crippen molar-refractivity contribution >= 4 is 39.5 Å². The number of rotatable bonds is 79. The predicted molar refractivity (Wildman–Crippen MR) is 405 cm³/mol. The summed E-state index contributed by atoms with van der Waals surface area (Å²) < 4.78 is 68.6. The number of unbranched alkanes of at least 4 members (excludes halogenated alkanes) is 48. The highest BCUT2D eigenvalue weighted by Gasteiger charge is 2.30. The van der Waals surface area contributed by atoms with E-state index in [4.69, 9.17) is 37.0 Å². The number of carbonyl (C=O) groups excluding carboxylic acids is 4. The van der Waals surface area contributed by atoms with Gasteiger partial charge in [-0.1, -0.05) is 369 Å². The molecule has 0 amide bonds. The van der Waals surface area contributed by atoms with E-state index < -0.39 is 97.5 Å². The Morgan fingerprint density at radius 2 is 0.515 bits per heavy atom. The van der Waals surface area contributed by atoms with Gasteiger partial charge in [0.05, 0.1) is 26.4 Å². The molecule has 3 unspecified atom stereocenters. The van der Waals surface area contributed by atoms with Gasteiger partial charge in [-0.3, -0.25) is 37.3 Å². The van der Waals surface area contributed by atoms with Crippen LogP contribution in [0, 0.1) is 11.8 Å². The summed E-state index contributed by atoms with van der Waals surface area (Å²) in [4.78, 5) is 72.9. The maximum Gasteiger partial charge on any atom is 0.472 e. The number of ether oxygens (including phenoxy) is 4. The Bertz CT molecular complexity index is 1910. The van der Waals surface area contributed by atoms with Crippen LogP contribution in [-0.4, -0.2) is 96.7 Å². The molecule has 0 heterocycles. The van der Waals surface area contributed by atoms with Gasteiger partial charge < -0.3 is 33.8 Å². The average molecular weight is 1450 g/mol. The van der Waals surface area contributed by atoms with Gasteiger partial charge in [0.2, 0.25) is 0 Å². The van der Waals surface area contributed by atoms with Crippen molar-refractivity contribution < 1.29 is 80.2 Å². The molecule has 0 aromatic heterocycles. The summed E-state index contributed by atoms with van der Waals surface area (Å²) in [5.41, 5.74) is 0. The highest BCUT2D eigenvalue weighted by Crippen LogP contribution is 2.45. The van der Waals surface area contributed by atoms with Crippen LogP contribution in [0.3, 0.4) is 0 Å². The summed E-state index contributed by atoms with van der Waals surface area (Å²) in [5, 5.41) is 10.6. The quantitative estimate of drug-likeness (QED) is 0.0222. The van der Waals surface area contributed by atoms with Crippen LogP contribution < -0.4 is 0 Å². The second kappa shape index (κ2) is 71.7. The summed E-state index contributed by atoms with van der Waals surface area (Å²) in [6.07, 6.45) is 60.9. The SMILES string of the molecule is CCCCCCCCCCCCCCCC(=O)O[C@H](COC(=O)CCCCCCCCCCCC)COP(=O)(O)OC[C@H](O)COP(=O)(O)OC[C@@H](COC(=O)CCCCCCCCCCCCCC(C)C)OC(=O)CCCCCCCCCCCCCCCCCCCCC(C)CC. The second-order valence-electron chi connectivity index (χ2n) is 29.5. The molecule has 3 N–H and O–H groups in total. The monoisotopic (exact) mass is 1450 g/mol. The average Bonchev–Trinajstić information content (AvgIpc) is 0.995. The molecule has 0 bridgehead atoms. The van der Waals surface area contributed by atoms with E-state index in [1.54, 1.807) is 0 Å². The summed E-state index contributed by atoms with van der Waals surface area (Å²) in [5.74, 6) is -0.467. The standard InChI is InChI=1S/C80H156O17P2/c1-7-10-12-14-16-18-20-27-33-40-46-52-58-64-79(84)96-75(68-90-77(82)62-56-50-44-38-19-17-15-13-11-8-2)70-94-98(86,87)92-66-74(81)67-93-99(88,89)95-71-76(69-91-78(83)63-57-51-45-39-35-30-31-36-42-48-54-60-72(4)5)97-80(85)65-59-53-47-41-34-29-26-24-22-21-23-25-28-32-37-43-49-55-61-73(6)9-3/h72-76,81H,7-71H2,1-6H3,(H,86,87)(H,88,89)/t73?,74-,75+,76+/m0/s1. The molecule has 0 radical (unpaired) electrons. The molecule has 19 heteroatoms. The molecule has 0 rings (SSSR count). The van der Waals surface area contributed by atoms with E-state index in [1.807, 2.05) is 0 Å². The number of phosphoric acid groups is 2. The zero-order valence-corrected chi connectivity index (χ0v) is 66.6. The summed E-state index contributed by atoms with van der Waals surface area (Å²) >= 11 is 0. The van der Waals surface area contributed by atoms with Gasteiger partial charge in [-0.2, -0.15) is 0 Å². The third kappa shape index (κ3) is 72.8. The Hall–Kier alpha value is -1.94. The van der Waals surface area contributed by atoms with Crippen molar-refractivity contribution in [1.82, 2.24) is 0 Å². The molecule has 588 valence electrons. The largest absolute Gasteiger partial charge is 0.472 e. The number of esters is 4. The Morgan fingerprint density at radius 1 is 0.293 bits per heavy atom. The predicted octanol–water partition coefficient (Wildman–Crippen LogP) is 23.9. The van der Waals surface area contributed by atoms with Crippen LogP contribution in [-0.2, 0) is 65.4 Å². The summed E-state index contributed by atoms with van der Waals surface area (Å²) in [6, 6.07) is 0. The number of hydrogen-bond donors (Lipinski definition) is 3. The van der Waals surface area contributed by atoms with Gasteiger partial charge in [0.25, 0.3) is 0 Å². The van der Waals surface area contributed by atoms with Crippen LogP contribution in [0.5, 0.6) is 0 Å². The molecule has 0 saturated heterocycles. The fourth-order valence-electron chi connectivity index (χ4n) is 12.3. The lowest BCUT2D eigenvalue weighted by molar-refractivity contribution is -0.161. The first-order valence-electron chi connectivity index (χ1n) is 41.5. The molecule has 0 aromatic rings. The van der Waals surface area contributed by atoms with E-state index in [-0.39, 0.29) is 25.7 Å². The summed E-state index contributed by atoms with van der Waals surface area (Å²) in [6.45, 7) is 9.69. The van der Waals surface area contributed by atoms with Crippen molar-refractivity contribution in [1.29, 1.82) is 0 Å². The molecular weight excluding hydrogens is 1290 g/mol. The van der Waals surface area contributed by atoms with Gasteiger partial charge in [-0.15, -0.1) is 0 Å². The Morgan fingerprint density at radius 3 is 0.768 bits per heavy atom. The van der Waals surface area contributed by atoms with Crippen molar-refractivity contribution in [2.75, 3.05) is 39.6 Å². The second-order valence-corrected chi connectivity index (χ2v) is 32.4. The molecule has 0 aliphatic carbocycles. The van der Waals surface area contributed by atoms with Gasteiger partial charge in [-0.25, -0.2) is 9.13 Å². The van der Waals surface area contributed by atoms with Crippen LogP contribution in [0.4, 0.5) is 0 Å². The minimum absolute atomic E-state index is 0.108. The lowest BCUT2D eigenvalue weighted by Gasteiger charge is -2.21. The first kappa shape index (κ1) is 97.1. The van der Waals surface area contributed by atoms with Crippen LogP contribution in [0.25, 0.3) is 0 Å². The van der Waals surface area contributed by atoms with Gasteiger partial charge >= 0.3 is 39.5 Å². The minimum Gasteiger partial charge on any atom is -0.462 e. The van der Waals surface area contributed by atoms with Crippen molar-refractivity contribution in [2.45, 2.75) is 439 Å². The third-order valence-electron chi connectivity index (χ3n) is 19.1. The molecular formula is C80H156O17P2. The van der Waals surface area contributed by atoms with E-state index in [2.05, 4.69) is 41.5 Å². The number of aliphatic hydroxyl groups is 1. The molecule has 0 aliphatic rings. The van der Waals surface area contributed by atoms with E-state index >= 15 is 0 Å². The van der Waals surface area contributed by atoms with E-state index in [1.165, 1.54) is 238 Å². The maximum atomic E-state index is 13.1. The number of aliphatic hydroxyl groups excluding tert-OH is 1. The fraction of sp³-hybridized carbons (Fsp3) is 0.950. The van der Waals surface area contributed by atoms with Crippen molar-refractivity contribution in [3.8, 4) is 0 Å². The van der Waals surface area contributed by atoms with E-state index in [9.17, 15) is 43.2 Å². The third-order valence-corrected chi connectivity index (χ3v) is 21.0. The lowest BCUT2D eigenvalue weighted by atomic mass is 9.99. The lowest BCUT2D eigenvalue weighted by Crippen LogP contribution is -2.30. The van der Waals surface area contributed by atoms with E-state index in [0.29, 0.717) is 25.7 Å². The molecule has 99 heavy (non-hydrogen) atoms. The number of phosphoric ester groups is 2. The molecule has 0 saturated carbocycles. The topological polar surface area (TPSA) is 237 Å². The van der Waals surface area contributed by atoms with Crippen molar-refractivity contribution in [3.63, 3.8) is 0 Å². The van der Waals surface area contributed by atoms with E-state index in [0.717, 1.165) is 102 Å². The smallest absolute Gasteiger partial charge is 0.462 e.